The third-order valence-corrected chi connectivity index (χ3v) is 3.06. The predicted molar refractivity (Wildman–Crippen MR) is 63.6 cm³/mol. The summed E-state index contributed by atoms with van der Waals surface area (Å²) in [5, 5.41) is 3.97. The fraction of sp³-hybridized carbons (Fsp3) is 0.833. The number of ether oxygens (including phenoxy) is 1. The zero-order chi connectivity index (χ0) is 12.3. The molecule has 0 radical (unpaired) electrons. The molecule has 5 nitrogen and oxygen atoms in total. The topological polar surface area (TPSA) is 51.4 Å². The number of hydrogen-bond donors (Lipinski definition) is 0. The molecule has 0 N–H and O–H groups in total. The van der Waals surface area contributed by atoms with Crippen LogP contribution in [0.3, 0.4) is 0 Å². The molecule has 1 fully saturated rings. The van der Waals surface area contributed by atoms with Gasteiger partial charge in [0.15, 0.2) is 5.82 Å². The molecule has 17 heavy (non-hydrogen) atoms. The van der Waals surface area contributed by atoms with Crippen molar-refractivity contribution >= 4 is 0 Å². The molecule has 0 spiro atoms. The molecule has 0 aromatic carbocycles. The van der Waals surface area contributed by atoms with E-state index in [1.165, 1.54) is 0 Å². The van der Waals surface area contributed by atoms with E-state index in [9.17, 15) is 0 Å². The van der Waals surface area contributed by atoms with Crippen LogP contribution in [0, 0.1) is 0 Å². The maximum absolute atomic E-state index is 5.59. The Labute approximate surface area is 102 Å². The van der Waals surface area contributed by atoms with Crippen molar-refractivity contribution in [3.8, 4) is 0 Å². The highest BCUT2D eigenvalue weighted by atomic mass is 16.5. The van der Waals surface area contributed by atoms with Gasteiger partial charge in [-0.05, 0) is 20.3 Å². The van der Waals surface area contributed by atoms with Crippen molar-refractivity contribution in [2.75, 3.05) is 13.2 Å². The second-order valence-corrected chi connectivity index (χ2v) is 4.78. The van der Waals surface area contributed by atoms with E-state index in [0.29, 0.717) is 6.04 Å². The number of nitrogens with zero attached hydrogens (tertiary/aromatic N) is 3. The van der Waals surface area contributed by atoms with Gasteiger partial charge < -0.3 is 9.26 Å². The molecule has 0 unspecified atom stereocenters. The lowest BCUT2D eigenvalue weighted by Crippen LogP contribution is -2.46. The first-order chi connectivity index (χ1) is 8.19. The van der Waals surface area contributed by atoms with E-state index in [1.54, 1.807) is 0 Å². The first-order valence-corrected chi connectivity index (χ1v) is 6.36. The maximum Gasteiger partial charge on any atom is 0.240 e. The summed E-state index contributed by atoms with van der Waals surface area (Å²) in [7, 11) is 0. The SMILES string of the molecule is CCCc1noc(CN2C[C@H](C)OC[C@H]2C)n1. The second kappa shape index (κ2) is 5.60. The molecule has 1 aliphatic rings. The normalized spacial score (nSPS) is 26.3. The highest BCUT2D eigenvalue weighted by Crippen LogP contribution is 2.14. The predicted octanol–water partition coefficient (Wildman–Crippen LogP) is 1.63. The summed E-state index contributed by atoms with van der Waals surface area (Å²) in [4.78, 5) is 6.72. The van der Waals surface area contributed by atoms with Crippen LogP contribution in [-0.4, -0.2) is 40.3 Å². The van der Waals surface area contributed by atoms with Gasteiger partial charge in [0.1, 0.15) is 0 Å². The summed E-state index contributed by atoms with van der Waals surface area (Å²) >= 11 is 0. The zero-order valence-electron chi connectivity index (χ0n) is 10.8. The van der Waals surface area contributed by atoms with Crippen LogP contribution in [0.15, 0.2) is 4.52 Å². The summed E-state index contributed by atoms with van der Waals surface area (Å²) in [6, 6.07) is 0.410. The molecule has 0 amide bonds. The average molecular weight is 239 g/mol. The fourth-order valence-electron chi connectivity index (χ4n) is 2.05. The summed E-state index contributed by atoms with van der Waals surface area (Å²) in [6.45, 7) is 8.79. The molecule has 96 valence electrons. The molecule has 2 atom stereocenters. The molecule has 0 saturated carbocycles. The summed E-state index contributed by atoms with van der Waals surface area (Å²) in [5.41, 5.74) is 0. The van der Waals surface area contributed by atoms with E-state index in [2.05, 4.69) is 35.8 Å². The Hall–Kier alpha value is -0.940. The molecule has 1 aliphatic heterocycles. The molecule has 1 saturated heterocycles. The summed E-state index contributed by atoms with van der Waals surface area (Å²) in [6.07, 6.45) is 2.21. The third kappa shape index (κ3) is 3.26. The van der Waals surface area contributed by atoms with Gasteiger partial charge in [-0.2, -0.15) is 4.98 Å². The highest BCUT2D eigenvalue weighted by molar-refractivity contribution is 4.88. The van der Waals surface area contributed by atoms with E-state index in [1.807, 2.05) is 0 Å². The van der Waals surface area contributed by atoms with E-state index >= 15 is 0 Å². The molecule has 0 bridgehead atoms. The molecular weight excluding hydrogens is 218 g/mol. The maximum atomic E-state index is 5.59. The van der Waals surface area contributed by atoms with Crippen molar-refractivity contribution in [3.63, 3.8) is 0 Å². The molecule has 1 aromatic rings. The molecule has 0 aliphatic carbocycles. The van der Waals surface area contributed by atoms with Gasteiger partial charge >= 0.3 is 0 Å². The molecular formula is C12H21N3O2. The largest absolute Gasteiger partial charge is 0.376 e. The molecule has 5 heteroatoms. The lowest BCUT2D eigenvalue weighted by Gasteiger charge is -2.35. The molecule has 1 aromatic heterocycles. The van der Waals surface area contributed by atoms with Crippen LogP contribution in [0.2, 0.25) is 0 Å². The van der Waals surface area contributed by atoms with Crippen LogP contribution in [0.1, 0.15) is 38.9 Å². The van der Waals surface area contributed by atoms with Crippen LogP contribution >= 0.6 is 0 Å². The van der Waals surface area contributed by atoms with Crippen LogP contribution in [0.4, 0.5) is 0 Å². The van der Waals surface area contributed by atoms with Gasteiger partial charge in [-0.1, -0.05) is 12.1 Å². The van der Waals surface area contributed by atoms with Crippen molar-refractivity contribution in [1.82, 2.24) is 15.0 Å². The van der Waals surface area contributed by atoms with Crippen LogP contribution in [-0.2, 0) is 17.7 Å². The second-order valence-electron chi connectivity index (χ2n) is 4.78. The van der Waals surface area contributed by atoms with E-state index < -0.39 is 0 Å². The van der Waals surface area contributed by atoms with E-state index in [-0.39, 0.29) is 6.10 Å². The Bertz CT molecular complexity index is 353. The quantitative estimate of drug-likeness (QED) is 0.799. The number of aromatic nitrogens is 2. The highest BCUT2D eigenvalue weighted by Gasteiger charge is 2.24. The summed E-state index contributed by atoms with van der Waals surface area (Å²) < 4.78 is 10.9. The van der Waals surface area contributed by atoms with Gasteiger partial charge in [0.25, 0.3) is 0 Å². The minimum Gasteiger partial charge on any atom is -0.376 e. The summed E-state index contributed by atoms with van der Waals surface area (Å²) in [5.74, 6) is 1.53. The smallest absolute Gasteiger partial charge is 0.240 e. The Morgan fingerprint density at radius 1 is 1.41 bits per heavy atom. The standard InChI is InChI=1S/C12H21N3O2/c1-4-5-11-13-12(17-14-11)7-15-6-10(3)16-8-9(15)2/h9-10H,4-8H2,1-3H3/t9-,10+/m1/s1. The van der Waals surface area contributed by atoms with Crippen molar-refractivity contribution in [2.24, 2.45) is 0 Å². The first-order valence-electron chi connectivity index (χ1n) is 6.36. The van der Waals surface area contributed by atoms with Crippen molar-refractivity contribution < 1.29 is 9.26 Å². The Morgan fingerprint density at radius 3 is 3.00 bits per heavy atom. The number of morpholine rings is 1. The van der Waals surface area contributed by atoms with Crippen LogP contribution < -0.4 is 0 Å². The van der Waals surface area contributed by atoms with Gasteiger partial charge in [0, 0.05) is 19.0 Å². The third-order valence-electron chi connectivity index (χ3n) is 3.06. The van der Waals surface area contributed by atoms with Gasteiger partial charge in [-0.3, -0.25) is 4.90 Å². The average Bonchev–Trinajstić information content (AvgIpc) is 2.72. The van der Waals surface area contributed by atoms with Crippen LogP contribution in [0.5, 0.6) is 0 Å². The van der Waals surface area contributed by atoms with Crippen molar-refractivity contribution in [1.29, 1.82) is 0 Å². The van der Waals surface area contributed by atoms with E-state index in [0.717, 1.165) is 44.3 Å². The molecule has 2 heterocycles. The minimum absolute atomic E-state index is 0.282. The Morgan fingerprint density at radius 2 is 2.24 bits per heavy atom. The minimum atomic E-state index is 0.282. The number of aryl methyl sites for hydroxylation is 1. The van der Waals surface area contributed by atoms with Crippen molar-refractivity contribution in [2.45, 2.75) is 52.3 Å². The first kappa shape index (κ1) is 12.5. The monoisotopic (exact) mass is 239 g/mol. The van der Waals surface area contributed by atoms with E-state index in [4.69, 9.17) is 9.26 Å². The number of rotatable bonds is 4. The lowest BCUT2D eigenvalue weighted by molar-refractivity contribution is -0.0555. The van der Waals surface area contributed by atoms with Gasteiger partial charge in [-0.25, -0.2) is 0 Å². The fourth-order valence-corrected chi connectivity index (χ4v) is 2.05. The Kier molecular flexibility index (Phi) is 4.12. The van der Waals surface area contributed by atoms with Gasteiger partial charge in [-0.15, -0.1) is 0 Å². The lowest BCUT2D eigenvalue weighted by atomic mass is 10.2. The van der Waals surface area contributed by atoms with Gasteiger partial charge in [0.2, 0.25) is 5.89 Å². The Balaban J connectivity index is 1.94. The molecule has 2 rings (SSSR count). The van der Waals surface area contributed by atoms with Crippen molar-refractivity contribution in [3.05, 3.63) is 11.7 Å². The zero-order valence-corrected chi connectivity index (χ0v) is 10.8. The number of hydrogen-bond acceptors (Lipinski definition) is 5. The van der Waals surface area contributed by atoms with Gasteiger partial charge in [0.05, 0.1) is 19.3 Å². The van der Waals surface area contributed by atoms with Crippen LogP contribution in [0.25, 0.3) is 0 Å².